The monoisotopic (exact) mass is 690 g/mol. The van der Waals surface area contributed by atoms with Crippen molar-refractivity contribution >= 4 is 35.7 Å². The van der Waals surface area contributed by atoms with E-state index in [0.717, 1.165) is 44.1 Å². The molecule has 270 valence electrons. The van der Waals surface area contributed by atoms with Gasteiger partial charge in [-0.05, 0) is 63.0 Å². The van der Waals surface area contributed by atoms with E-state index >= 15 is 0 Å². The van der Waals surface area contributed by atoms with E-state index in [2.05, 4.69) is 27.2 Å². The van der Waals surface area contributed by atoms with Crippen molar-refractivity contribution < 1.29 is 29.0 Å². The molecule has 0 aliphatic carbocycles. The van der Waals surface area contributed by atoms with Gasteiger partial charge in [-0.25, -0.2) is 9.59 Å². The predicted octanol–water partition coefficient (Wildman–Crippen LogP) is 3.52. The third-order valence-electron chi connectivity index (χ3n) is 6.93. The molecule has 0 unspecified atom stereocenters. The van der Waals surface area contributed by atoms with Gasteiger partial charge in [0.1, 0.15) is 17.7 Å². The van der Waals surface area contributed by atoms with Crippen LogP contribution in [0.4, 0.5) is 9.59 Å². The molecule has 0 aromatic heterocycles. The minimum Gasteiger partial charge on any atom is -0.481 e. The molecular formula is C36H50N8O6. The number of unbranched alkanes of at least 4 members (excludes halogenated alkanes) is 2. The van der Waals surface area contributed by atoms with Crippen molar-refractivity contribution in [1.29, 1.82) is 10.8 Å². The number of terminal acetylenes is 1. The average Bonchev–Trinajstić information content (AvgIpc) is 3.08. The topological polar surface area (TPSA) is 246 Å². The third-order valence-corrected chi connectivity index (χ3v) is 6.93. The van der Waals surface area contributed by atoms with Gasteiger partial charge in [0.2, 0.25) is 0 Å². The van der Waals surface area contributed by atoms with Gasteiger partial charge in [-0.1, -0.05) is 60.5 Å². The largest absolute Gasteiger partial charge is 0.481 e. The zero-order valence-corrected chi connectivity index (χ0v) is 28.6. The summed E-state index contributed by atoms with van der Waals surface area (Å²) >= 11 is 0. The molecule has 0 fully saturated rings. The highest BCUT2D eigenvalue weighted by atomic mass is 16.5. The number of benzene rings is 2. The summed E-state index contributed by atoms with van der Waals surface area (Å²) < 4.78 is 4.81. The van der Waals surface area contributed by atoms with Gasteiger partial charge in [-0.15, -0.1) is 6.42 Å². The van der Waals surface area contributed by atoms with Crippen LogP contribution in [0.1, 0.15) is 74.1 Å². The number of carbonyl (C=O) groups is 4. The van der Waals surface area contributed by atoms with E-state index < -0.39 is 24.0 Å². The lowest BCUT2D eigenvalue weighted by Gasteiger charge is -2.13. The molecule has 2 aromatic rings. The minimum atomic E-state index is -0.861. The fraction of sp³-hybridized carbons (Fsp3) is 0.389. The standard InChI is InChI=1S/C19H26N4O3.C17H24N4O3/c1-3-16(13-17(24)26-4-2)23-19(25)22-12-6-5-7-14-8-10-15(11-9-14)18(20)21;18-16(19)14-9-7-13(8-10-14)5-1-3-11-20-17(24)21-12-4-2-6-15(22)23/h1,8-11,16H,4-7,12-13H2,2H3,(H3,20,21)(H2,22,23,25);4,7-10,12H,1-3,5-6,11H2,(H3,18,19)(H,22,23)(H2,20,21,24)/t16-;/m1./s1. The number of nitrogens with two attached hydrogens (primary N) is 2. The molecule has 0 heterocycles. The van der Waals surface area contributed by atoms with Gasteiger partial charge < -0.3 is 42.6 Å². The molecular weight excluding hydrogens is 640 g/mol. The molecule has 14 nitrogen and oxygen atoms in total. The molecule has 0 saturated carbocycles. The summed E-state index contributed by atoms with van der Waals surface area (Å²) in [6.45, 7) is 3.06. The predicted molar refractivity (Wildman–Crippen MR) is 194 cm³/mol. The first-order valence-corrected chi connectivity index (χ1v) is 16.4. The Labute approximate surface area is 293 Å². The molecule has 0 spiro atoms. The van der Waals surface area contributed by atoms with Crippen LogP contribution in [0.25, 0.3) is 0 Å². The molecule has 0 bridgehead atoms. The summed E-state index contributed by atoms with van der Waals surface area (Å²) in [5.41, 5.74) is 14.6. The van der Waals surface area contributed by atoms with Crippen LogP contribution in [-0.4, -0.2) is 66.5 Å². The molecule has 1 atom stereocenters. The number of nitrogen functional groups attached to an aromatic ring is 2. The Hall–Kier alpha value is -5.84. The van der Waals surface area contributed by atoms with Crippen molar-refractivity contribution in [3.8, 4) is 12.3 Å². The molecule has 2 rings (SSSR count). The Morgan fingerprint density at radius 2 is 1.36 bits per heavy atom. The van der Waals surface area contributed by atoms with Gasteiger partial charge in [0.15, 0.2) is 0 Å². The van der Waals surface area contributed by atoms with Crippen LogP contribution in [0.15, 0.2) is 60.8 Å². The number of hydrogen-bond donors (Lipinski definition) is 9. The molecule has 11 N–H and O–H groups in total. The van der Waals surface area contributed by atoms with Gasteiger partial charge in [0.25, 0.3) is 0 Å². The second-order valence-corrected chi connectivity index (χ2v) is 11.0. The Bertz CT molecular complexity index is 1450. The first-order valence-electron chi connectivity index (χ1n) is 16.4. The number of carboxylic acids is 1. The van der Waals surface area contributed by atoms with Crippen LogP contribution in [0, 0.1) is 23.2 Å². The Morgan fingerprint density at radius 1 is 0.860 bits per heavy atom. The number of aliphatic carboxylic acids is 1. The maximum atomic E-state index is 11.8. The zero-order chi connectivity index (χ0) is 37.1. The van der Waals surface area contributed by atoms with E-state index in [0.29, 0.717) is 30.6 Å². The minimum absolute atomic E-state index is 0.0476. The Kier molecular flexibility index (Phi) is 21.3. The van der Waals surface area contributed by atoms with Crippen LogP contribution in [0.2, 0.25) is 0 Å². The lowest BCUT2D eigenvalue weighted by atomic mass is 10.1. The smallest absolute Gasteiger partial charge is 0.318 e. The van der Waals surface area contributed by atoms with Crippen LogP contribution in [-0.2, 0) is 27.2 Å². The van der Waals surface area contributed by atoms with Crippen LogP contribution < -0.4 is 32.7 Å². The fourth-order valence-electron chi connectivity index (χ4n) is 4.24. The quantitative estimate of drug-likeness (QED) is 0.0326. The average molecular weight is 691 g/mol. The van der Waals surface area contributed by atoms with Gasteiger partial charge in [-0.3, -0.25) is 20.4 Å². The Balaban J connectivity index is 0.000000502. The van der Waals surface area contributed by atoms with Gasteiger partial charge >= 0.3 is 24.0 Å². The maximum Gasteiger partial charge on any atom is 0.318 e. The molecule has 14 heteroatoms. The lowest BCUT2D eigenvalue weighted by molar-refractivity contribution is -0.143. The molecule has 0 radical (unpaired) electrons. The van der Waals surface area contributed by atoms with Crippen molar-refractivity contribution in [2.75, 3.05) is 19.7 Å². The number of nitrogens with one attached hydrogen (secondary N) is 6. The Morgan fingerprint density at radius 3 is 1.80 bits per heavy atom. The van der Waals surface area contributed by atoms with Crippen molar-refractivity contribution in [3.63, 3.8) is 0 Å². The van der Waals surface area contributed by atoms with E-state index in [-0.39, 0.29) is 37.2 Å². The van der Waals surface area contributed by atoms with Crippen LogP contribution in [0.5, 0.6) is 0 Å². The van der Waals surface area contributed by atoms with Crippen molar-refractivity contribution in [3.05, 3.63) is 83.1 Å². The van der Waals surface area contributed by atoms with E-state index in [1.165, 1.54) is 11.8 Å². The number of carbonyl (C=O) groups excluding carboxylic acids is 3. The number of ether oxygens (including phenoxy) is 1. The maximum absolute atomic E-state index is 11.8. The number of aryl methyl sites for hydroxylation is 2. The highest BCUT2D eigenvalue weighted by molar-refractivity contribution is 5.95. The number of rotatable bonds is 20. The second kappa shape index (κ2) is 25.2. The summed E-state index contributed by atoms with van der Waals surface area (Å²) in [6.07, 6.45) is 14.0. The second-order valence-electron chi connectivity index (χ2n) is 11.0. The van der Waals surface area contributed by atoms with Crippen LogP contribution in [0.3, 0.4) is 0 Å². The first kappa shape index (κ1) is 42.2. The van der Waals surface area contributed by atoms with Crippen molar-refractivity contribution in [2.24, 2.45) is 11.5 Å². The summed E-state index contributed by atoms with van der Waals surface area (Å²) in [5.74, 6) is 1.18. The van der Waals surface area contributed by atoms with Gasteiger partial charge in [-0.2, -0.15) is 0 Å². The van der Waals surface area contributed by atoms with E-state index in [9.17, 15) is 19.2 Å². The summed E-state index contributed by atoms with van der Waals surface area (Å²) in [6, 6.07) is 13.7. The van der Waals surface area contributed by atoms with Gasteiger partial charge in [0, 0.05) is 36.8 Å². The number of carboxylic acid groups (broad SMARTS) is 1. The highest BCUT2D eigenvalue weighted by Crippen LogP contribution is 2.08. The number of esters is 1. The first-order chi connectivity index (χ1) is 23.9. The fourth-order valence-corrected chi connectivity index (χ4v) is 4.24. The number of hydrogen-bond acceptors (Lipinski definition) is 7. The zero-order valence-electron chi connectivity index (χ0n) is 28.6. The summed E-state index contributed by atoms with van der Waals surface area (Å²) in [7, 11) is 0. The van der Waals surface area contributed by atoms with Gasteiger partial charge in [0.05, 0.1) is 13.0 Å². The number of allylic oxidation sites excluding steroid dienone is 1. The van der Waals surface area contributed by atoms with Crippen molar-refractivity contribution in [1.82, 2.24) is 21.3 Å². The molecule has 0 saturated heterocycles. The van der Waals surface area contributed by atoms with Crippen molar-refractivity contribution in [2.45, 2.75) is 70.8 Å². The molecule has 0 aliphatic heterocycles. The molecule has 2 aromatic carbocycles. The normalized spacial score (nSPS) is 10.8. The number of amidine groups is 2. The van der Waals surface area contributed by atoms with Crippen LogP contribution >= 0.6 is 0 Å². The SMILES string of the molecule is C#C[C@H](CC(=O)OCC)NC(=O)NCCCCc1ccc(C(=N)N)cc1.N=C(N)c1ccc(CCCCNC(=O)NC=CCCC(=O)O)cc1. The third kappa shape index (κ3) is 20.4. The molecule has 4 amide bonds. The summed E-state index contributed by atoms with van der Waals surface area (Å²) in [5, 5.41) is 33.7. The summed E-state index contributed by atoms with van der Waals surface area (Å²) in [4.78, 5) is 44.9. The number of urea groups is 2. The molecule has 50 heavy (non-hydrogen) atoms. The van der Waals surface area contributed by atoms with E-state index in [1.54, 1.807) is 13.0 Å². The van der Waals surface area contributed by atoms with E-state index in [4.69, 9.17) is 38.6 Å². The highest BCUT2D eigenvalue weighted by Gasteiger charge is 2.14. The lowest BCUT2D eigenvalue weighted by Crippen LogP contribution is -2.42. The molecule has 0 aliphatic rings. The van der Waals surface area contributed by atoms with E-state index in [1.807, 2.05) is 48.5 Å². The number of amides is 4.